The van der Waals surface area contributed by atoms with E-state index in [4.69, 9.17) is 4.74 Å². The van der Waals surface area contributed by atoms with Gasteiger partial charge in [0.15, 0.2) is 0 Å². The topological polar surface area (TPSA) is 105 Å². The first-order valence-electron chi connectivity index (χ1n) is 13.6. The van der Waals surface area contributed by atoms with Gasteiger partial charge in [-0.25, -0.2) is 9.59 Å². The molecule has 0 aliphatic rings. The molecule has 1 atom stereocenters. The Balaban J connectivity index is 3.61. The quantitative estimate of drug-likeness (QED) is 0.157. The van der Waals surface area contributed by atoms with Gasteiger partial charge in [0.05, 0.1) is 0 Å². The van der Waals surface area contributed by atoms with Gasteiger partial charge in [0, 0.05) is 13.0 Å². The molecule has 0 aromatic rings. The monoisotopic (exact) mass is 484 g/mol. The van der Waals surface area contributed by atoms with E-state index in [1.54, 1.807) is 20.8 Å². The number of amides is 2. The van der Waals surface area contributed by atoms with E-state index in [2.05, 4.69) is 17.6 Å². The maximum Gasteiger partial charge on any atom is 0.408 e. The summed E-state index contributed by atoms with van der Waals surface area (Å²) in [7, 11) is 0. The van der Waals surface area contributed by atoms with Crippen molar-refractivity contribution < 1.29 is 24.2 Å². The van der Waals surface area contributed by atoms with Crippen molar-refractivity contribution in [2.75, 3.05) is 6.54 Å². The molecule has 0 saturated carbocycles. The number of carboxylic acids is 1. The zero-order valence-corrected chi connectivity index (χ0v) is 22.4. The summed E-state index contributed by atoms with van der Waals surface area (Å²) in [6, 6.07) is -0.989. The third-order valence-electron chi connectivity index (χ3n) is 5.74. The Labute approximate surface area is 208 Å². The molecule has 0 aliphatic heterocycles. The van der Waals surface area contributed by atoms with E-state index in [-0.39, 0.29) is 5.91 Å². The molecule has 0 heterocycles. The number of nitrogens with one attached hydrogen (secondary N) is 2. The van der Waals surface area contributed by atoms with Crippen LogP contribution in [0.5, 0.6) is 0 Å². The first-order valence-corrected chi connectivity index (χ1v) is 13.6. The fourth-order valence-corrected chi connectivity index (χ4v) is 3.80. The van der Waals surface area contributed by atoms with Crippen LogP contribution >= 0.6 is 0 Å². The van der Waals surface area contributed by atoms with Crippen LogP contribution in [0.4, 0.5) is 4.79 Å². The molecule has 0 spiro atoms. The van der Waals surface area contributed by atoms with E-state index in [1.165, 1.54) is 70.6 Å². The smallest absolute Gasteiger partial charge is 0.408 e. The average Bonchev–Trinajstić information content (AvgIpc) is 2.74. The van der Waals surface area contributed by atoms with Gasteiger partial charge in [-0.05, 0) is 46.5 Å². The number of carboxylic acid groups (broad SMARTS) is 1. The number of carbonyl (C=O) groups is 3. The number of aliphatic carboxylic acids is 1. The number of hydrogen-bond donors (Lipinski definition) is 3. The molecule has 0 radical (unpaired) electrons. The highest BCUT2D eigenvalue weighted by molar-refractivity contribution is 5.80. The van der Waals surface area contributed by atoms with Gasteiger partial charge in [-0.2, -0.15) is 0 Å². The summed E-state index contributed by atoms with van der Waals surface area (Å²) in [6.07, 6.45) is 18.1. The van der Waals surface area contributed by atoms with Crippen molar-refractivity contribution in [1.29, 1.82) is 0 Å². The number of carbonyl (C=O) groups excluding carboxylic acids is 2. The predicted molar refractivity (Wildman–Crippen MR) is 138 cm³/mol. The van der Waals surface area contributed by atoms with Crippen LogP contribution in [0.2, 0.25) is 0 Å². The van der Waals surface area contributed by atoms with Crippen LogP contribution in [0.1, 0.15) is 137 Å². The summed E-state index contributed by atoms with van der Waals surface area (Å²) in [5.74, 6) is -1.03. The molecule has 0 fully saturated rings. The van der Waals surface area contributed by atoms with E-state index < -0.39 is 23.7 Å². The SMILES string of the molecule is CCCCCCCCCCCCCCCC(=O)NCCCC[C@@H](NC(=O)OC(C)(C)C)C(=O)O. The third-order valence-corrected chi connectivity index (χ3v) is 5.74. The molecule has 0 unspecified atom stereocenters. The molecule has 7 nitrogen and oxygen atoms in total. The molecule has 0 aromatic heterocycles. The van der Waals surface area contributed by atoms with Crippen molar-refractivity contribution in [3.8, 4) is 0 Å². The van der Waals surface area contributed by atoms with Gasteiger partial charge in [-0.3, -0.25) is 4.79 Å². The van der Waals surface area contributed by atoms with Gasteiger partial charge >= 0.3 is 12.1 Å². The minimum absolute atomic E-state index is 0.0599. The largest absolute Gasteiger partial charge is 0.480 e. The Morgan fingerprint density at radius 1 is 0.765 bits per heavy atom. The van der Waals surface area contributed by atoms with Crippen molar-refractivity contribution in [2.45, 2.75) is 148 Å². The molecular weight excluding hydrogens is 432 g/mol. The third kappa shape index (κ3) is 22.0. The first-order chi connectivity index (χ1) is 16.2. The van der Waals surface area contributed by atoms with Crippen LogP contribution in [0.15, 0.2) is 0 Å². The number of unbranched alkanes of at least 4 members (excludes halogenated alkanes) is 13. The maximum absolute atomic E-state index is 11.9. The van der Waals surface area contributed by atoms with Gasteiger partial charge in [-0.1, -0.05) is 84.0 Å². The summed E-state index contributed by atoms with van der Waals surface area (Å²) >= 11 is 0. The Kier molecular flexibility index (Phi) is 19.5. The number of hydrogen-bond acceptors (Lipinski definition) is 4. The van der Waals surface area contributed by atoms with Gasteiger partial charge in [0.2, 0.25) is 5.91 Å². The lowest BCUT2D eigenvalue weighted by Gasteiger charge is -2.22. The molecule has 200 valence electrons. The summed E-state index contributed by atoms with van der Waals surface area (Å²) in [5, 5.41) is 14.6. The molecular formula is C27H52N2O5. The Bertz CT molecular complexity index is 546. The van der Waals surface area contributed by atoms with Crippen molar-refractivity contribution in [3.05, 3.63) is 0 Å². The molecule has 3 N–H and O–H groups in total. The summed E-state index contributed by atoms with van der Waals surface area (Å²) in [5.41, 5.74) is -0.676. The van der Waals surface area contributed by atoms with E-state index in [1.807, 2.05) is 0 Å². The van der Waals surface area contributed by atoms with E-state index in [0.717, 1.165) is 12.8 Å². The normalized spacial score (nSPS) is 12.2. The molecule has 0 aliphatic carbocycles. The minimum atomic E-state index is -1.09. The van der Waals surface area contributed by atoms with Crippen LogP contribution in [0, 0.1) is 0 Å². The summed E-state index contributed by atoms with van der Waals surface area (Å²) < 4.78 is 5.11. The lowest BCUT2D eigenvalue weighted by atomic mass is 10.0. The molecule has 34 heavy (non-hydrogen) atoms. The van der Waals surface area contributed by atoms with E-state index in [0.29, 0.717) is 32.2 Å². The zero-order chi connectivity index (χ0) is 25.7. The Morgan fingerprint density at radius 3 is 1.74 bits per heavy atom. The van der Waals surface area contributed by atoms with Crippen molar-refractivity contribution in [2.24, 2.45) is 0 Å². The fraction of sp³-hybridized carbons (Fsp3) is 0.889. The lowest BCUT2D eigenvalue weighted by Crippen LogP contribution is -2.43. The fourth-order valence-electron chi connectivity index (χ4n) is 3.80. The maximum atomic E-state index is 11.9. The summed E-state index contributed by atoms with van der Waals surface area (Å²) in [6.45, 7) is 7.95. The average molecular weight is 485 g/mol. The second-order valence-corrected chi connectivity index (χ2v) is 10.4. The van der Waals surface area contributed by atoms with Gasteiger partial charge < -0.3 is 20.5 Å². The number of alkyl carbamates (subject to hydrolysis) is 1. The molecule has 0 bridgehead atoms. The van der Waals surface area contributed by atoms with Crippen molar-refractivity contribution >= 4 is 18.0 Å². The molecule has 2 amide bonds. The van der Waals surface area contributed by atoms with Crippen LogP contribution in [0.25, 0.3) is 0 Å². The first kappa shape index (κ1) is 32.2. The highest BCUT2D eigenvalue weighted by Crippen LogP contribution is 2.13. The van der Waals surface area contributed by atoms with Gasteiger partial charge in [0.1, 0.15) is 11.6 Å². The van der Waals surface area contributed by atoms with E-state index in [9.17, 15) is 19.5 Å². The number of ether oxygens (including phenoxy) is 1. The van der Waals surface area contributed by atoms with Crippen molar-refractivity contribution in [3.63, 3.8) is 0 Å². The number of rotatable bonds is 21. The molecule has 0 aromatic carbocycles. The second kappa shape index (κ2) is 20.6. The lowest BCUT2D eigenvalue weighted by molar-refractivity contribution is -0.139. The highest BCUT2D eigenvalue weighted by atomic mass is 16.6. The summed E-state index contributed by atoms with van der Waals surface area (Å²) in [4.78, 5) is 35.0. The van der Waals surface area contributed by atoms with E-state index >= 15 is 0 Å². The zero-order valence-electron chi connectivity index (χ0n) is 22.4. The van der Waals surface area contributed by atoms with Crippen LogP contribution in [-0.4, -0.2) is 41.3 Å². The highest BCUT2D eigenvalue weighted by Gasteiger charge is 2.23. The standard InChI is InChI=1S/C27H52N2O5/c1-5-6-7-8-9-10-11-12-13-14-15-16-17-21-24(30)28-22-19-18-20-23(25(31)32)29-26(33)34-27(2,3)4/h23H,5-22H2,1-4H3,(H,28,30)(H,29,33)(H,31,32)/t23-/m1/s1. The Morgan fingerprint density at radius 2 is 1.26 bits per heavy atom. The van der Waals surface area contributed by atoms with Crippen molar-refractivity contribution in [1.82, 2.24) is 10.6 Å². The van der Waals surface area contributed by atoms with Crippen LogP contribution in [0.3, 0.4) is 0 Å². The molecule has 7 heteroatoms. The predicted octanol–water partition coefficient (Wildman–Crippen LogP) is 6.73. The molecule has 0 rings (SSSR count). The molecule has 0 saturated heterocycles. The van der Waals surface area contributed by atoms with Gasteiger partial charge in [0.25, 0.3) is 0 Å². The van der Waals surface area contributed by atoms with Crippen LogP contribution in [-0.2, 0) is 14.3 Å². The Hall–Kier alpha value is -1.79. The minimum Gasteiger partial charge on any atom is -0.480 e. The van der Waals surface area contributed by atoms with Gasteiger partial charge in [-0.15, -0.1) is 0 Å². The van der Waals surface area contributed by atoms with Crippen LogP contribution < -0.4 is 10.6 Å². The second-order valence-electron chi connectivity index (χ2n) is 10.4.